The SMILES string of the molecule is Cc1ccc(C(N)CN2CCN(C)CC2C)cc1C. The highest BCUT2D eigenvalue weighted by Crippen LogP contribution is 2.18. The Kier molecular flexibility index (Phi) is 4.61. The molecule has 1 saturated heterocycles. The fourth-order valence-corrected chi connectivity index (χ4v) is 2.80. The number of likely N-dealkylation sites (N-methyl/N-ethyl adjacent to an activating group) is 1. The van der Waals surface area contributed by atoms with E-state index in [0.717, 1.165) is 26.2 Å². The van der Waals surface area contributed by atoms with Gasteiger partial charge in [0.1, 0.15) is 0 Å². The van der Waals surface area contributed by atoms with Gasteiger partial charge >= 0.3 is 0 Å². The van der Waals surface area contributed by atoms with Crippen molar-refractivity contribution in [3.63, 3.8) is 0 Å². The predicted molar refractivity (Wildman–Crippen MR) is 81.4 cm³/mol. The normalized spacial score (nSPS) is 23.5. The first-order valence-electron chi connectivity index (χ1n) is 7.22. The fourth-order valence-electron chi connectivity index (χ4n) is 2.80. The summed E-state index contributed by atoms with van der Waals surface area (Å²) in [5, 5.41) is 0. The van der Waals surface area contributed by atoms with Crippen LogP contribution < -0.4 is 5.73 Å². The van der Waals surface area contributed by atoms with E-state index < -0.39 is 0 Å². The highest BCUT2D eigenvalue weighted by atomic mass is 15.3. The average molecular weight is 261 g/mol. The summed E-state index contributed by atoms with van der Waals surface area (Å²) in [5.41, 5.74) is 10.3. The van der Waals surface area contributed by atoms with E-state index in [2.05, 4.69) is 55.8 Å². The quantitative estimate of drug-likeness (QED) is 0.902. The molecule has 1 aromatic rings. The number of hydrogen-bond donors (Lipinski definition) is 1. The lowest BCUT2D eigenvalue weighted by atomic mass is 10.0. The molecule has 2 rings (SSSR count). The molecule has 0 saturated carbocycles. The first-order chi connectivity index (χ1) is 8.97. The molecule has 1 aliphatic heterocycles. The lowest BCUT2D eigenvalue weighted by Gasteiger charge is -2.39. The molecule has 0 aliphatic carbocycles. The molecular formula is C16H27N3. The lowest BCUT2D eigenvalue weighted by molar-refractivity contribution is 0.0945. The second kappa shape index (κ2) is 6.04. The molecule has 1 aromatic carbocycles. The third-order valence-electron chi connectivity index (χ3n) is 4.36. The second-order valence-electron chi connectivity index (χ2n) is 6.06. The van der Waals surface area contributed by atoms with E-state index in [1.54, 1.807) is 0 Å². The summed E-state index contributed by atoms with van der Waals surface area (Å²) >= 11 is 0. The number of hydrogen-bond acceptors (Lipinski definition) is 3. The maximum Gasteiger partial charge on any atom is 0.0424 e. The van der Waals surface area contributed by atoms with Gasteiger partial charge in [0.05, 0.1) is 0 Å². The molecule has 2 unspecified atom stereocenters. The summed E-state index contributed by atoms with van der Waals surface area (Å²) < 4.78 is 0. The van der Waals surface area contributed by atoms with Crippen LogP contribution in [0.5, 0.6) is 0 Å². The Morgan fingerprint density at radius 3 is 2.63 bits per heavy atom. The minimum atomic E-state index is 0.116. The number of aryl methyl sites for hydroxylation is 2. The van der Waals surface area contributed by atoms with Gasteiger partial charge in [-0.25, -0.2) is 0 Å². The first-order valence-corrected chi connectivity index (χ1v) is 7.22. The standard InChI is InChI=1S/C16H27N3/c1-12-5-6-15(9-13(12)2)16(17)11-19-8-7-18(4)10-14(19)3/h5-6,9,14,16H,7-8,10-11,17H2,1-4H3. The molecule has 3 heteroatoms. The van der Waals surface area contributed by atoms with Crippen molar-refractivity contribution in [1.82, 2.24) is 9.80 Å². The topological polar surface area (TPSA) is 32.5 Å². The van der Waals surface area contributed by atoms with Crippen LogP contribution in [0.15, 0.2) is 18.2 Å². The molecule has 0 spiro atoms. The van der Waals surface area contributed by atoms with Gasteiger partial charge in [0.25, 0.3) is 0 Å². The van der Waals surface area contributed by atoms with E-state index in [-0.39, 0.29) is 6.04 Å². The number of benzene rings is 1. The van der Waals surface area contributed by atoms with E-state index in [4.69, 9.17) is 5.73 Å². The first kappa shape index (κ1) is 14.5. The molecule has 0 aromatic heterocycles. The van der Waals surface area contributed by atoms with Crippen LogP contribution in [0.25, 0.3) is 0 Å². The summed E-state index contributed by atoms with van der Waals surface area (Å²) in [6.45, 7) is 11.0. The largest absolute Gasteiger partial charge is 0.323 e. The maximum absolute atomic E-state index is 6.39. The summed E-state index contributed by atoms with van der Waals surface area (Å²) in [6.07, 6.45) is 0. The third kappa shape index (κ3) is 3.56. The van der Waals surface area contributed by atoms with Crippen LogP contribution in [0.3, 0.4) is 0 Å². The molecule has 1 fully saturated rings. The molecule has 106 valence electrons. The molecule has 0 radical (unpaired) electrons. The Bertz CT molecular complexity index is 430. The molecule has 2 N–H and O–H groups in total. The molecular weight excluding hydrogens is 234 g/mol. The van der Waals surface area contributed by atoms with Gasteiger partial charge in [0, 0.05) is 38.3 Å². The highest BCUT2D eigenvalue weighted by Gasteiger charge is 2.23. The van der Waals surface area contributed by atoms with Crippen LogP contribution in [-0.2, 0) is 0 Å². The van der Waals surface area contributed by atoms with Crippen molar-refractivity contribution in [1.29, 1.82) is 0 Å². The Hall–Kier alpha value is -0.900. The molecule has 1 heterocycles. The van der Waals surface area contributed by atoms with Crippen LogP contribution in [0.4, 0.5) is 0 Å². The summed E-state index contributed by atoms with van der Waals surface area (Å²) in [4.78, 5) is 4.91. The van der Waals surface area contributed by atoms with Gasteiger partial charge in [-0.3, -0.25) is 4.90 Å². The minimum absolute atomic E-state index is 0.116. The molecule has 2 atom stereocenters. The lowest BCUT2D eigenvalue weighted by Crippen LogP contribution is -2.52. The third-order valence-corrected chi connectivity index (χ3v) is 4.36. The van der Waals surface area contributed by atoms with E-state index >= 15 is 0 Å². The van der Waals surface area contributed by atoms with Gasteiger partial charge in [-0.2, -0.15) is 0 Å². The zero-order chi connectivity index (χ0) is 14.0. The van der Waals surface area contributed by atoms with E-state index in [1.807, 2.05) is 0 Å². The zero-order valence-electron chi connectivity index (χ0n) is 12.7. The van der Waals surface area contributed by atoms with Crippen molar-refractivity contribution in [2.45, 2.75) is 32.9 Å². The molecule has 1 aliphatic rings. The Morgan fingerprint density at radius 2 is 2.00 bits per heavy atom. The Labute approximate surface area is 117 Å². The number of rotatable bonds is 3. The van der Waals surface area contributed by atoms with Crippen LogP contribution >= 0.6 is 0 Å². The fraction of sp³-hybridized carbons (Fsp3) is 0.625. The highest BCUT2D eigenvalue weighted by molar-refractivity contribution is 5.31. The number of nitrogens with two attached hydrogens (primary N) is 1. The predicted octanol–water partition coefficient (Wildman–Crippen LogP) is 1.94. The summed E-state index contributed by atoms with van der Waals surface area (Å²) in [5.74, 6) is 0. The maximum atomic E-state index is 6.39. The molecule has 0 amide bonds. The van der Waals surface area contributed by atoms with Gasteiger partial charge in [-0.05, 0) is 44.5 Å². The van der Waals surface area contributed by atoms with Crippen molar-refractivity contribution >= 4 is 0 Å². The van der Waals surface area contributed by atoms with Crippen molar-refractivity contribution in [3.05, 3.63) is 34.9 Å². The van der Waals surface area contributed by atoms with Crippen LogP contribution in [-0.4, -0.2) is 49.1 Å². The van der Waals surface area contributed by atoms with Crippen LogP contribution in [0, 0.1) is 13.8 Å². The zero-order valence-corrected chi connectivity index (χ0v) is 12.7. The van der Waals surface area contributed by atoms with Crippen molar-refractivity contribution < 1.29 is 0 Å². The van der Waals surface area contributed by atoms with Gasteiger partial charge in [-0.15, -0.1) is 0 Å². The van der Waals surface area contributed by atoms with Gasteiger partial charge in [0.15, 0.2) is 0 Å². The smallest absolute Gasteiger partial charge is 0.0424 e. The van der Waals surface area contributed by atoms with Crippen molar-refractivity contribution in [2.75, 3.05) is 33.2 Å². The summed E-state index contributed by atoms with van der Waals surface area (Å²) in [6, 6.07) is 7.30. The number of piperazine rings is 1. The summed E-state index contributed by atoms with van der Waals surface area (Å²) in [7, 11) is 2.19. The van der Waals surface area contributed by atoms with Gasteiger partial charge in [-0.1, -0.05) is 18.2 Å². The van der Waals surface area contributed by atoms with Gasteiger partial charge < -0.3 is 10.6 Å². The van der Waals surface area contributed by atoms with Crippen LogP contribution in [0.2, 0.25) is 0 Å². The average Bonchev–Trinajstić information content (AvgIpc) is 2.36. The Balaban J connectivity index is 2.00. The molecule has 0 bridgehead atoms. The molecule has 19 heavy (non-hydrogen) atoms. The monoisotopic (exact) mass is 261 g/mol. The van der Waals surface area contributed by atoms with E-state index in [1.165, 1.54) is 16.7 Å². The van der Waals surface area contributed by atoms with E-state index in [9.17, 15) is 0 Å². The number of nitrogens with zero attached hydrogens (tertiary/aromatic N) is 2. The molecule has 3 nitrogen and oxygen atoms in total. The van der Waals surface area contributed by atoms with Gasteiger partial charge in [0.2, 0.25) is 0 Å². The van der Waals surface area contributed by atoms with Crippen molar-refractivity contribution in [3.8, 4) is 0 Å². The minimum Gasteiger partial charge on any atom is -0.323 e. The van der Waals surface area contributed by atoms with Crippen molar-refractivity contribution in [2.24, 2.45) is 5.73 Å². The van der Waals surface area contributed by atoms with E-state index in [0.29, 0.717) is 6.04 Å². The second-order valence-corrected chi connectivity index (χ2v) is 6.06. The Morgan fingerprint density at radius 1 is 1.26 bits per heavy atom. The van der Waals surface area contributed by atoms with Crippen LogP contribution in [0.1, 0.15) is 29.7 Å².